The second-order valence-corrected chi connectivity index (χ2v) is 6.46. The molecule has 0 unspecified atom stereocenters. The Kier molecular flexibility index (Phi) is 6.21. The van der Waals surface area contributed by atoms with Crippen LogP contribution in [0.3, 0.4) is 0 Å². The molecule has 0 atom stereocenters. The second kappa shape index (κ2) is 7.19. The molecule has 1 rings (SSSR count). The van der Waals surface area contributed by atoms with Gasteiger partial charge in [0.1, 0.15) is 12.4 Å². The fourth-order valence-electron chi connectivity index (χ4n) is 1.21. The molecule has 1 aromatic carbocycles. The molecule has 0 radical (unpaired) electrons. The molecule has 4 nitrogen and oxygen atoms in total. The first-order chi connectivity index (χ1) is 8.45. The summed E-state index contributed by atoms with van der Waals surface area (Å²) in [6, 6.07) is 4.07. The summed E-state index contributed by atoms with van der Waals surface area (Å²) in [5.74, 6) is 0.404. The standard InChI is InChI=1S/C11H14Cl2O4S/c1-2-5-16-6-7-17-11-4-3-9(8-10(11)12)18(13,14)15/h3-4,8H,2,5-7H2,1H3. The summed E-state index contributed by atoms with van der Waals surface area (Å²) in [5, 5.41) is 0.201. The van der Waals surface area contributed by atoms with E-state index in [2.05, 4.69) is 0 Å². The first-order valence-electron chi connectivity index (χ1n) is 5.40. The third kappa shape index (κ3) is 5.02. The van der Waals surface area contributed by atoms with Crippen LogP contribution in [0.25, 0.3) is 0 Å². The molecule has 1 aromatic rings. The lowest BCUT2D eigenvalue weighted by Crippen LogP contribution is -2.07. The van der Waals surface area contributed by atoms with Crippen LogP contribution in [0.15, 0.2) is 23.1 Å². The van der Waals surface area contributed by atoms with Crippen LogP contribution in [-0.4, -0.2) is 28.2 Å². The van der Waals surface area contributed by atoms with Crippen molar-refractivity contribution in [3.8, 4) is 5.75 Å². The molecule has 0 spiro atoms. The molecule has 0 aliphatic carbocycles. The van der Waals surface area contributed by atoms with Crippen molar-refractivity contribution >= 4 is 31.3 Å². The van der Waals surface area contributed by atoms with Crippen LogP contribution >= 0.6 is 22.3 Å². The van der Waals surface area contributed by atoms with Crippen molar-refractivity contribution in [1.29, 1.82) is 0 Å². The molecule has 0 bridgehead atoms. The molecule has 0 saturated heterocycles. The maximum absolute atomic E-state index is 11.1. The number of hydrogen-bond acceptors (Lipinski definition) is 4. The van der Waals surface area contributed by atoms with Gasteiger partial charge in [-0.15, -0.1) is 0 Å². The normalized spacial score (nSPS) is 11.5. The monoisotopic (exact) mass is 312 g/mol. The van der Waals surface area contributed by atoms with Crippen LogP contribution in [0, 0.1) is 0 Å². The molecular formula is C11H14Cl2O4S. The van der Waals surface area contributed by atoms with Crippen LogP contribution in [0.4, 0.5) is 0 Å². The lowest BCUT2D eigenvalue weighted by atomic mass is 10.3. The Morgan fingerprint density at radius 3 is 2.50 bits per heavy atom. The Balaban J connectivity index is 2.58. The van der Waals surface area contributed by atoms with E-state index in [9.17, 15) is 8.42 Å². The van der Waals surface area contributed by atoms with Gasteiger partial charge >= 0.3 is 0 Å². The number of halogens is 2. The van der Waals surface area contributed by atoms with Gasteiger partial charge in [0, 0.05) is 17.3 Å². The van der Waals surface area contributed by atoms with Crippen molar-refractivity contribution in [3.05, 3.63) is 23.2 Å². The van der Waals surface area contributed by atoms with Gasteiger partial charge in [-0.05, 0) is 24.6 Å². The highest BCUT2D eigenvalue weighted by Gasteiger charge is 2.12. The van der Waals surface area contributed by atoms with Crippen LogP contribution < -0.4 is 4.74 Å². The molecule has 0 saturated carbocycles. The minimum absolute atomic E-state index is 0.0521. The predicted octanol–water partition coefficient (Wildman–Crippen LogP) is 3.07. The fourth-order valence-corrected chi connectivity index (χ4v) is 2.28. The largest absolute Gasteiger partial charge is 0.490 e. The Morgan fingerprint density at radius 2 is 1.94 bits per heavy atom. The summed E-state index contributed by atoms with van der Waals surface area (Å²) in [6.07, 6.45) is 0.947. The molecule has 0 fully saturated rings. The van der Waals surface area contributed by atoms with Crippen molar-refractivity contribution in [2.45, 2.75) is 18.2 Å². The van der Waals surface area contributed by atoms with E-state index in [1.165, 1.54) is 18.2 Å². The molecule has 102 valence electrons. The maximum atomic E-state index is 11.1. The lowest BCUT2D eigenvalue weighted by molar-refractivity contribution is 0.101. The molecule has 0 heterocycles. The molecule has 7 heteroatoms. The lowest BCUT2D eigenvalue weighted by Gasteiger charge is -2.08. The zero-order valence-corrected chi connectivity index (χ0v) is 12.2. The Bertz CT molecular complexity index is 488. The smallest absolute Gasteiger partial charge is 0.261 e. The predicted molar refractivity (Wildman–Crippen MR) is 71.1 cm³/mol. The Hall–Kier alpha value is -0.490. The van der Waals surface area contributed by atoms with E-state index < -0.39 is 9.05 Å². The second-order valence-electron chi connectivity index (χ2n) is 3.49. The fraction of sp³-hybridized carbons (Fsp3) is 0.455. The van der Waals surface area contributed by atoms with Crippen molar-refractivity contribution < 1.29 is 17.9 Å². The summed E-state index contributed by atoms with van der Waals surface area (Å²) in [7, 11) is 1.43. The minimum Gasteiger partial charge on any atom is -0.490 e. The van der Waals surface area contributed by atoms with Crippen molar-refractivity contribution in [1.82, 2.24) is 0 Å². The zero-order valence-electron chi connectivity index (χ0n) is 9.86. The highest BCUT2D eigenvalue weighted by Crippen LogP contribution is 2.28. The Morgan fingerprint density at radius 1 is 1.22 bits per heavy atom. The summed E-state index contributed by atoms with van der Waals surface area (Å²) >= 11 is 5.89. The topological polar surface area (TPSA) is 52.6 Å². The Labute approximate surface area is 116 Å². The molecular weight excluding hydrogens is 299 g/mol. The molecule has 0 aliphatic rings. The number of benzene rings is 1. The van der Waals surface area contributed by atoms with Gasteiger partial charge in [0.25, 0.3) is 9.05 Å². The first kappa shape index (κ1) is 15.6. The molecule has 18 heavy (non-hydrogen) atoms. The van der Waals surface area contributed by atoms with Crippen molar-refractivity contribution in [3.63, 3.8) is 0 Å². The van der Waals surface area contributed by atoms with E-state index in [0.717, 1.165) is 6.42 Å². The van der Waals surface area contributed by atoms with E-state index in [-0.39, 0.29) is 9.92 Å². The van der Waals surface area contributed by atoms with Gasteiger partial charge < -0.3 is 9.47 Å². The molecule has 0 aromatic heterocycles. The quantitative estimate of drug-likeness (QED) is 0.573. The van der Waals surface area contributed by atoms with E-state index in [1.54, 1.807) is 0 Å². The van der Waals surface area contributed by atoms with Gasteiger partial charge in [-0.1, -0.05) is 18.5 Å². The maximum Gasteiger partial charge on any atom is 0.261 e. The van der Waals surface area contributed by atoms with Crippen molar-refractivity contribution in [2.75, 3.05) is 19.8 Å². The highest BCUT2D eigenvalue weighted by atomic mass is 35.7. The first-order valence-corrected chi connectivity index (χ1v) is 8.08. The number of ether oxygens (including phenoxy) is 2. The summed E-state index contributed by atoms with van der Waals surface area (Å²) in [4.78, 5) is -0.0521. The molecule has 0 amide bonds. The molecule has 0 N–H and O–H groups in total. The van der Waals surface area contributed by atoms with E-state index in [1.807, 2.05) is 6.92 Å². The van der Waals surface area contributed by atoms with Gasteiger partial charge in [-0.2, -0.15) is 0 Å². The van der Waals surface area contributed by atoms with Gasteiger partial charge in [0.2, 0.25) is 0 Å². The summed E-state index contributed by atoms with van der Waals surface area (Å²) < 4.78 is 32.7. The molecule has 0 aliphatic heterocycles. The van der Waals surface area contributed by atoms with Gasteiger partial charge in [0.05, 0.1) is 16.5 Å². The zero-order chi connectivity index (χ0) is 13.6. The van der Waals surface area contributed by atoms with Crippen LogP contribution in [0.2, 0.25) is 5.02 Å². The average Bonchev–Trinajstić information content (AvgIpc) is 2.29. The number of rotatable bonds is 7. The van der Waals surface area contributed by atoms with Crippen LogP contribution in [0.1, 0.15) is 13.3 Å². The number of hydrogen-bond donors (Lipinski definition) is 0. The average molecular weight is 313 g/mol. The van der Waals surface area contributed by atoms with E-state index in [0.29, 0.717) is 25.6 Å². The van der Waals surface area contributed by atoms with Crippen LogP contribution in [-0.2, 0) is 13.8 Å². The van der Waals surface area contributed by atoms with E-state index in [4.69, 9.17) is 31.8 Å². The van der Waals surface area contributed by atoms with Crippen molar-refractivity contribution in [2.24, 2.45) is 0 Å². The van der Waals surface area contributed by atoms with Crippen LogP contribution in [0.5, 0.6) is 5.75 Å². The van der Waals surface area contributed by atoms with E-state index >= 15 is 0 Å². The van der Waals surface area contributed by atoms with Gasteiger partial charge in [-0.3, -0.25) is 0 Å². The third-order valence-corrected chi connectivity index (χ3v) is 3.67. The summed E-state index contributed by atoms with van der Waals surface area (Å²) in [5.41, 5.74) is 0. The highest BCUT2D eigenvalue weighted by molar-refractivity contribution is 8.13. The van der Waals surface area contributed by atoms with Gasteiger partial charge in [0.15, 0.2) is 0 Å². The SMILES string of the molecule is CCCOCCOc1ccc(S(=O)(=O)Cl)cc1Cl. The third-order valence-electron chi connectivity index (χ3n) is 2.02. The minimum atomic E-state index is -3.77. The van der Waals surface area contributed by atoms with Gasteiger partial charge in [-0.25, -0.2) is 8.42 Å². The summed E-state index contributed by atoms with van der Waals surface area (Å²) in [6.45, 7) is 3.51.